The molecule has 0 saturated carbocycles. The van der Waals surface area contributed by atoms with Gasteiger partial charge in [0.1, 0.15) is 0 Å². The number of amides is 1. The summed E-state index contributed by atoms with van der Waals surface area (Å²) in [4.78, 5) is 15.6. The van der Waals surface area contributed by atoms with Gasteiger partial charge in [0.15, 0.2) is 0 Å². The monoisotopic (exact) mass is 206 g/mol. The number of hydrogen-bond donors (Lipinski definition) is 1. The van der Waals surface area contributed by atoms with Crippen LogP contribution in [0.5, 0.6) is 0 Å². The Morgan fingerprint density at radius 3 is 2.27 bits per heavy atom. The van der Waals surface area contributed by atoms with Crippen molar-refractivity contribution in [3.63, 3.8) is 0 Å². The molecular weight excluding hydrogens is 188 g/mol. The quantitative estimate of drug-likeness (QED) is 0.825. The average Bonchev–Trinajstić information content (AvgIpc) is 2.16. The standard InChI is InChI=1S/C12H18N2O/c1-7(2)10-9(12(13)15)5-6-14-11(10)8(3)4/h5-8H,1-4H3,(H2,13,15). The van der Waals surface area contributed by atoms with Gasteiger partial charge in [-0.1, -0.05) is 27.7 Å². The topological polar surface area (TPSA) is 56.0 Å². The molecule has 82 valence electrons. The van der Waals surface area contributed by atoms with Gasteiger partial charge in [-0.3, -0.25) is 9.78 Å². The van der Waals surface area contributed by atoms with Gasteiger partial charge in [-0.2, -0.15) is 0 Å². The molecule has 15 heavy (non-hydrogen) atoms. The molecule has 2 N–H and O–H groups in total. The van der Waals surface area contributed by atoms with E-state index in [1.165, 1.54) is 0 Å². The Morgan fingerprint density at radius 2 is 1.87 bits per heavy atom. The predicted molar refractivity (Wildman–Crippen MR) is 60.9 cm³/mol. The molecule has 1 aromatic rings. The molecule has 0 aliphatic carbocycles. The first-order chi connectivity index (χ1) is 6.95. The third-order valence-corrected chi connectivity index (χ3v) is 2.41. The molecule has 1 amide bonds. The van der Waals surface area contributed by atoms with Gasteiger partial charge in [0, 0.05) is 17.5 Å². The fourth-order valence-corrected chi connectivity index (χ4v) is 1.77. The van der Waals surface area contributed by atoms with Crippen LogP contribution in [0, 0.1) is 0 Å². The van der Waals surface area contributed by atoms with Crippen molar-refractivity contribution in [2.24, 2.45) is 5.73 Å². The molecule has 0 fully saturated rings. The molecule has 1 heterocycles. The van der Waals surface area contributed by atoms with Crippen molar-refractivity contribution in [2.75, 3.05) is 0 Å². The zero-order valence-electron chi connectivity index (χ0n) is 9.74. The lowest BCUT2D eigenvalue weighted by Gasteiger charge is -2.17. The molecule has 1 aromatic heterocycles. The molecule has 3 heteroatoms. The summed E-state index contributed by atoms with van der Waals surface area (Å²) in [5.74, 6) is 0.198. The minimum Gasteiger partial charge on any atom is -0.366 e. The van der Waals surface area contributed by atoms with Crippen molar-refractivity contribution in [3.8, 4) is 0 Å². The largest absolute Gasteiger partial charge is 0.366 e. The SMILES string of the molecule is CC(C)c1nccc(C(N)=O)c1C(C)C. The Kier molecular flexibility index (Phi) is 3.45. The van der Waals surface area contributed by atoms with E-state index in [4.69, 9.17) is 5.73 Å². The second-order valence-corrected chi connectivity index (χ2v) is 4.33. The van der Waals surface area contributed by atoms with Crippen LogP contribution in [-0.2, 0) is 0 Å². The van der Waals surface area contributed by atoms with Gasteiger partial charge in [-0.25, -0.2) is 0 Å². The van der Waals surface area contributed by atoms with E-state index in [9.17, 15) is 4.79 Å². The van der Waals surface area contributed by atoms with Crippen molar-refractivity contribution in [3.05, 3.63) is 29.1 Å². The van der Waals surface area contributed by atoms with Crippen LogP contribution in [0.15, 0.2) is 12.3 Å². The van der Waals surface area contributed by atoms with Gasteiger partial charge in [-0.05, 0) is 23.5 Å². The Morgan fingerprint density at radius 1 is 1.27 bits per heavy atom. The van der Waals surface area contributed by atoms with Crippen molar-refractivity contribution in [1.29, 1.82) is 0 Å². The van der Waals surface area contributed by atoms with Crippen molar-refractivity contribution >= 4 is 5.91 Å². The summed E-state index contributed by atoms with van der Waals surface area (Å²) in [7, 11) is 0. The van der Waals surface area contributed by atoms with Crippen molar-refractivity contribution < 1.29 is 4.79 Å². The summed E-state index contributed by atoms with van der Waals surface area (Å²) in [6.45, 7) is 8.24. The Labute approximate surface area is 90.7 Å². The number of nitrogens with zero attached hydrogens (tertiary/aromatic N) is 1. The summed E-state index contributed by atoms with van der Waals surface area (Å²) in [5.41, 5.74) is 7.91. The first kappa shape index (κ1) is 11.7. The summed E-state index contributed by atoms with van der Waals surface area (Å²) >= 11 is 0. The van der Waals surface area contributed by atoms with Crippen LogP contribution in [-0.4, -0.2) is 10.9 Å². The second-order valence-electron chi connectivity index (χ2n) is 4.33. The molecule has 0 radical (unpaired) electrons. The smallest absolute Gasteiger partial charge is 0.249 e. The Balaban J connectivity index is 3.42. The number of rotatable bonds is 3. The van der Waals surface area contributed by atoms with E-state index < -0.39 is 0 Å². The first-order valence-electron chi connectivity index (χ1n) is 5.23. The summed E-state index contributed by atoms with van der Waals surface area (Å²) in [6.07, 6.45) is 1.65. The normalized spacial score (nSPS) is 11.1. The highest BCUT2D eigenvalue weighted by atomic mass is 16.1. The zero-order valence-corrected chi connectivity index (χ0v) is 9.74. The molecule has 0 spiro atoms. The lowest BCUT2D eigenvalue weighted by molar-refractivity contribution is 0.0999. The molecule has 3 nitrogen and oxygen atoms in total. The first-order valence-corrected chi connectivity index (χ1v) is 5.23. The Bertz CT molecular complexity index is 370. The number of pyridine rings is 1. The fourth-order valence-electron chi connectivity index (χ4n) is 1.77. The van der Waals surface area contributed by atoms with Crippen LogP contribution in [0.1, 0.15) is 61.1 Å². The van der Waals surface area contributed by atoms with Crippen LogP contribution in [0.25, 0.3) is 0 Å². The van der Waals surface area contributed by atoms with Crippen LogP contribution >= 0.6 is 0 Å². The van der Waals surface area contributed by atoms with Gasteiger partial charge in [0.25, 0.3) is 0 Å². The maximum atomic E-state index is 11.3. The van der Waals surface area contributed by atoms with Gasteiger partial charge in [0.05, 0.1) is 0 Å². The predicted octanol–water partition coefficient (Wildman–Crippen LogP) is 2.43. The number of aromatic nitrogens is 1. The van der Waals surface area contributed by atoms with Gasteiger partial charge in [-0.15, -0.1) is 0 Å². The van der Waals surface area contributed by atoms with Crippen LogP contribution in [0.4, 0.5) is 0 Å². The Hall–Kier alpha value is -1.38. The third kappa shape index (κ3) is 2.35. The fraction of sp³-hybridized carbons (Fsp3) is 0.500. The number of carbonyl (C=O) groups is 1. The number of primary amides is 1. The lowest BCUT2D eigenvalue weighted by Crippen LogP contribution is -2.17. The molecule has 0 atom stereocenters. The molecule has 0 unspecified atom stereocenters. The lowest BCUT2D eigenvalue weighted by atomic mass is 9.91. The van der Waals surface area contributed by atoms with E-state index in [1.54, 1.807) is 12.3 Å². The van der Waals surface area contributed by atoms with Crippen LogP contribution in [0.3, 0.4) is 0 Å². The van der Waals surface area contributed by atoms with Gasteiger partial charge < -0.3 is 5.73 Å². The number of hydrogen-bond acceptors (Lipinski definition) is 2. The summed E-state index contributed by atoms with van der Waals surface area (Å²) in [5, 5.41) is 0. The van der Waals surface area contributed by atoms with E-state index in [0.29, 0.717) is 11.5 Å². The van der Waals surface area contributed by atoms with Gasteiger partial charge in [0.2, 0.25) is 5.91 Å². The molecule has 0 aromatic carbocycles. The number of carbonyl (C=O) groups excluding carboxylic acids is 1. The van der Waals surface area contributed by atoms with E-state index in [-0.39, 0.29) is 11.8 Å². The van der Waals surface area contributed by atoms with Crippen molar-refractivity contribution in [2.45, 2.75) is 39.5 Å². The van der Waals surface area contributed by atoms with E-state index in [2.05, 4.69) is 32.7 Å². The maximum absolute atomic E-state index is 11.3. The minimum absolute atomic E-state index is 0.263. The van der Waals surface area contributed by atoms with Crippen molar-refractivity contribution in [1.82, 2.24) is 4.98 Å². The number of nitrogens with two attached hydrogens (primary N) is 1. The highest BCUT2D eigenvalue weighted by Crippen LogP contribution is 2.27. The highest BCUT2D eigenvalue weighted by molar-refractivity contribution is 5.94. The minimum atomic E-state index is -0.372. The molecule has 0 bridgehead atoms. The zero-order chi connectivity index (χ0) is 11.6. The van der Waals surface area contributed by atoms with Crippen LogP contribution < -0.4 is 5.73 Å². The average molecular weight is 206 g/mol. The van der Waals surface area contributed by atoms with E-state index >= 15 is 0 Å². The van der Waals surface area contributed by atoms with Gasteiger partial charge >= 0.3 is 0 Å². The molecule has 0 aliphatic heterocycles. The molecule has 0 saturated heterocycles. The summed E-state index contributed by atoms with van der Waals surface area (Å²) in [6, 6.07) is 1.70. The summed E-state index contributed by atoms with van der Waals surface area (Å²) < 4.78 is 0. The maximum Gasteiger partial charge on any atom is 0.249 e. The second kappa shape index (κ2) is 4.43. The molecule has 0 aliphatic rings. The molecule has 1 rings (SSSR count). The molecular formula is C12H18N2O. The third-order valence-electron chi connectivity index (χ3n) is 2.41. The van der Waals surface area contributed by atoms with E-state index in [1.807, 2.05) is 0 Å². The highest BCUT2D eigenvalue weighted by Gasteiger charge is 2.18. The van der Waals surface area contributed by atoms with E-state index in [0.717, 1.165) is 11.3 Å². The van der Waals surface area contributed by atoms with Crippen LogP contribution in [0.2, 0.25) is 0 Å².